The van der Waals surface area contributed by atoms with Crippen LogP contribution in [-0.2, 0) is 6.54 Å². The van der Waals surface area contributed by atoms with Gasteiger partial charge in [0.2, 0.25) is 0 Å². The molecule has 0 saturated carbocycles. The Morgan fingerprint density at radius 3 is 2.68 bits per heavy atom. The van der Waals surface area contributed by atoms with Gasteiger partial charge in [-0.2, -0.15) is 0 Å². The van der Waals surface area contributed by atoms with E-state index in [1.807, 2.05) is 18.2 Å². The van der Waals surface area contributed by atoms with Gasteiger partial charge in [0.15, 0.2) is 0 Å². The molecule has 1 aromatic heterocycles. The second kappa shape index (κ2) is 6.56. The molecular weight excluding hydrogens is 300 g/mol. The minimum Gasteiger partial charge on any atom is -0.393 e. The number of hydrogen-bond donors (Lipinski definition) is 1. The maximum atomic E-state index is 11.1. The number of aliphatic hydroxyl groups excluding tert-OH is 1. The molecule has 5 nitrogen and oxygen atoms in total. The highest BCUT2D eigenvalue weighted by Gasteiger charge is 2.19. The molecule has 0 aliphatic carbocycles. The number of rotatable bonds is 4. The smallest absolute Gasteiger partial charge is 0.278 e. The molecule has 2 aromatic rings. The zero-order valence-electron chi connectivity index (χ0n) is 12.1. The largest absolute Gasteiger partial charge is 0.393 e. The number of hydrogen-bond acceptors (Lipinski definition) is 5. The molecule has 22 heavy (non-hydrogen) atoms. The van der Waals surface area contributed by atoms with Gasteiger partial charge in [-0.1, -0.05) is 12.1 Å². The Bertz CT molecular complexity index is 663. The first-order valence-corrected chi connectivity index (χ1v) is 8.18. The maximum Gasteiger partial charge on any atom is 0.278 e. The van der Waals surface area contributed by atoms with Gasteiger partial charge in [0.25, 0.3) is 5.69 Å². The Kier molecular flexibility index (Phi) is 4.52. The topological polar surface area (TPSA) is 66.6 Å². The molecule has 0 radical (unpaired) electrons. The quantitative estimate of drug-likeness (QED) is 0.694. The summed E-state index contributed by atoms with van der Waals surface area (Å²) < 4.78 is 0. The highest BCUT2D eigenvalue weighted by Crippen LogP contribution is 2.35. The molecule has 1 aliphatic heterocycles. The van der Waals surface area contributed by atoms with Crippen molar-refractivity contribution in [1.29, 1.82) is 0 Å². The molecule has 2 heterocycles. The van der Waals surface area contributed by atoms with Gasteiger partial charge in [-0.3, -0.25) is 15.0 Å². The predicted molar refractivity (Wildman–Crippen MR) is 86.9 cm³/mol. The zero-order chi connectivity index (χ0) is 15.5. The summed E-state index contributed by atoms with van der Waals surface area (Å²) in [5, 5.41) is 20.7. The molecule has 3 rings (SSSR count). The third-order valence-electron chi connectivity index (χ3n) is 3.96. The summed E-state index contributed by atoms with van der Waals surface area (Å²) in [5.41, 5.74) is 0.829. The minimum absolute atomic E-state index is 0.150. The lowest BCUT2D eigenvalue weighted by Crippen LogP contribution is -2.35. The van der Waals surface area contributed by atoms with Gasteiger partial charge in [-0.15, -0.1) is 11.3 Å². The van der Waals surface area contributed by atoms with Crippen LogP contribution in [0.5, 0.6) is 0 Å². The molecule has 0 bridgehead atoms. The van der Waals surface area contributed by atoms with Crippen LogP contribution in [0.3, 0.4) is 0 Å². The van der Waals surface area contributed by atoms with E-state index in [1.54, 1.807) is 29.5 Å². The van der Waals surface area contributed by atoms with E-state index in [2.05, 4.69) is 4.90 Å². The summed E-state index contributed by atoms with van der Waals surface area (Å²) in [4.78, 5) is 15.2. The molecule has 1 N–H and O–H groups in total. The van der Waals surface area contributed by atoms with Crippen LogP contribution in [0.25, 0.3) is 10.4 Å². The normalized spacial score (nSPS) is 16.8. The average Bonchev–Trinajstić information content (AvgIpc) is 2.98. The fraction of sp³-hybridized carbons (Fsp3) is 0.375. The summed E-state index contributed by atoms with van der Waals surface area (Å²) in [6, 6.07) is 10.9. The third kappa shape index (κ3) is 3.35. The summed E-state index contributed by atoms with van der Waals surface area (Å²) in [7, 11) is 0. The van der Waals surface area contributed by atoms with E-state index in [-0.39, 0.29) is 16.7 Å². The van der Waals surface area contributed by atoms with Crippen molar-refractivity contribution in [2.75, 3.05) is 13.1 Å². The van der Waals surface area contributed by atoms with E-state index in [9.17, 15) is 15.2 Å². The van der Waals surface area contributed by atoms with Crippen molar-refractivity contribution in [2.24, 2.45) is 0 Å². The molecule has 0 spiro atoms. The SMILES string of the molecule is O=[N+]([O-])c1ccccc1-c1ccc(CN2CCC(O)CC2)s1. The van der Waals surface area contributed by atoms with Crippen LogP contribution < -0.4 is 0 Å². The van der Waals surface area contributed by atoms with E-state index >= 15 is 0 Å². The van der Waals surface area contributed by atoms with E-state index in [1.165, 1.54) is 4.88 Å². The molecule has 0 amide bonds. The molecule has 1 saturated heterocycles. The van der Waals surface area contributed by atoms with Crippen molar-refractivity contribution in [1.82, 2.24) is 4.90 Å². The second-order valence-electron chi connectivity index (χ2n) is 5.55. The van der Waals surface area contributed by atoms with Gasteiger partial charge in [0, 0.05) is 35.5 Å². The van der Waals surface area contributed by atoms with E-state index in [4.69, 9.17) is 0 Å². The lowest BCUT2D eigenvalue weighted by atomic mass is 10.1. The van der Waals surface area contributed by atoms with Crippen molar-refractivity contribution < 1.29 is 10.0 Å². The number of nitro benzene ring substituents is 1. The predicted octanol–water partition coefficient (Wildman–Crippen LogP) is 3.28. The monoisotopic (exact) mass is 318 g/mol. The van der Waals surface area contributed by atoms with Gasteiger partial charge < -0.3 is 5.11 Å². The van der Waals surface area contributed by atoms with Crippen molar-refractivity contribution in [3.05, 3.63) is 51.4 Å². The number of benzene rings is 1. The first-order valence-electron chi connectivity index (χ1n) is 7.36. The molecular formula is C16H18N2O3S. The van der Waals surface area contributed by atoms with Crippen LogP contribution in [0.2, 0.25) is 0 Å². The molecule has 1 aromatic carbocycles. The van der Waals surface area contributed by atoms with Gasteiger partial charge in [0.05, 0.1) is 16.6 Å². The number of para-hydroxylation sites is 1. The standard InChI is InChI=1S/C16H18N2O3S/c19-12-7-9-17(10-8-12)11-13-5-6-16(22-13)14-3-1-2-4-15(14)18(20)21/h1-6,12,19H,7-11H2. The number of aliphatic hydroxyl groups is 1. The van der Waals surface area contributed by atoms with Crippen molar-refractivity contribution in [3.8, 4) is 10.4 Å². The Morgan fingerprint density at radius 2 is 1.95 bits per heavy atom. The van der Waals surface area contributed by atoms with Gasteiger partial charge in [-0.25, -0.2) is 0 Å². The number of nitrogens with zero attached hydrogens (tertiary/aromatic N) is 2. The average molecular weight is 318 g/mol. The van der Waals surface area contributed by atoms with Gasteiger partial charge in [-0.05, 0) is 31.0 Å². The summed E-state index contributed by atoms with van der Waals surface area (Å²) >= 11 is 1.60. The highest BCUT2D eigenvalue weighted by molar-refractivity contribution is 7.15. The molecule has 1 fully saturated rings. The van der Waals surface area contributed by atoms with Crippen LogP contribution in [0, 0.1) is 10.1 Å². The Labute approximate surface area is 133 Å². The van der Waals surface area contributed by atoms with Crippen LogP contribution in [0.15, 0.2) is 36.4 Å². The Morgan fingerprint density at radius 1 is 1.23 bits per heavy atom. The number of thiophene rings is 1. The molecule has 6 heteroatoms. The number of nitro groups is 1. The minimum atomic E-state index is -0.333. The van der Waals surface area contributed by atoms with Crippen molar-refractivity contribution >= 4 is 17.0 Å². The lowest BCUT2D eigenvalue weighted by Gasteiger charge is -2.28. The van der Waals surface area contributed by atoms with Crippen LogP contribution in [-0.4, -0.2) is 34.1 Å². The number of likely N-dealkylation sites (tertiary alicyclic amines) is 1. The molecule has 0 unspecified atom stereocenters. The van der Waals surface area contributed by atoms with E-state index in [0.717, 1.165) is 37.4 Å². The molecule has 0 atom stereocenters. The van der Waals surface area contributed by atoms with Crippen LogP contribution >= 0.6 is 11.3 Å². The fourth-order valence-electron chi connectivity index (χ4n) is 2.75. The Balaban J connectivity index is 1.75. The maximum absolute atomic E-state index is 11.1. The van der Waals surface area contributed by atoms with E-state index in [0.29, 0.717) is 5.56 Å². The van der Waals surface area contributed by atoms with Crippen molar-refractivity contribution in [2.45, 2.75) is 25.5 Å². The van der Waals surface area contributed by atoms with Crippen LogP contribution in [0.4, 0.5) is 5.69 Å². The van der Waals surface area contributed by atoms with Crippen LogP contribution in [0.1, 0.15) is 17.7 Å². The lowest BCUT2D eigenvalue weighted by molar-refractivity contribution is -0.384. The first-order chi connectivity index (χ1) is 10.6. The summed E-state index contributed by atoms with van der Waals surface area (Å²) in [6.45, 7) is 2.65. The third-order valence-corrected chi connectivity index (χ3v) is 5.07. The fourth-order valence-corrected chi connectivity index (χ4v) is 3.83. The van der Waals surface area contributed by atoms with Crippen molar-refractivity contribution in [3.63, 3.8) is 0 Å². The second-order valence-corrected chi connectivity index (χ2v) is 6.72. The molecule has 1 aliphatic rings. The van der Waals surface area contributed by atoms with Gasteiger partial charge >= 0.3 is 0 Å². The summed E-state index contributed by atoms with van der Waals surface area (Å²) in [5.74, 6) is 0. The van der Waals surface area contributed by atoms with E-state index < -0.39 is 0 Å². The highest BCUT2D eigenvalue weighted by atomic mass is 32.1. The first kappa shape index (κ1) is 15.1. The molecule has 116 valence electrons. The zero-order valence-corrected chi connectivity index (χ0v) is 13.0. The van der Waals surface area contributed by atoms with Gasteiger partial charge in [0.1, 0.15) is 0 Å². The Hall–Kier alpha value is -1.76. The summed E-state index contributed by atoms with van der Waals surface area (Å²) in [6.07, 6.45) is 1.48. The number of piperidine rings is 1.